The van der Waals surface area contributed by atoms with Crippen LogP contribution in [0.3, 0.4) is 0 Å². The van der Waals surface area contributed by atoms with Crippen molar-refractivity contribution in [3.63, 3.8) is 0 Å². The minimum Gasteiger partial charge on any atom is -0.201 e. The molecule has 13 aromatic rings. The van der Waals surface area contributed by atoms with E-state index in [1.54, 1.807) is 56.1 Å². The molecule has 0 fully saturated rings. The standard InChI is InChI=1S/C24H30NSi.2C23H28NSi.2C22H34NSi/c1-17-13-23(25(4)16-19(17)3)21-15-22(20-11-9-8-10-12-20)24(14-18(21)2)26(5,6)7;1-17-12-13-22(24(3)16-17)20-15-21(19-10-8-7-9-11-19)23(14-18(20)2)25(4,5)6;1-17-12-13-24(3)22(14-17)20-16-21(19-10-8-7-9-11-19)23(15-18(20)2)25(4,5)6;1-16-13-21(23(6)15-18(16)14-22(3,4)5)20-11-10-19(12-17(20)2)24(7,8)9;1-16-12-19(24(7,8)9)10-11-20(16)21-13-18(14-22(3,4)5)17(2)15-23(21)6/h8-16H,1-7H3;2*7-16H,1-6H3;2*10-13,15H,14H2,1-9H3/q5*+1/i3D3;1D3;;14D2;2D3,14D2. The van der Waals surface area contributed by atoms with E-state index in [-0.39, 0.29) is 11.1 Å². The smallest absolute Gasteiger partial charge is 0.201 e. The van der Waals surface area contributed by atoms with Crippen LogP contribution < -0.4 is 48.8 Å². The molecule has 5 heterocycles. The normalized spacial score (nSPS) is 14.1. The fraction of sp³-hybridized carbons (Fsp3) is 0.360. The van der Waals surface area contributed by atoms with Gasteiger partial charge in [0.05, 0.1) is 40.4 Å². The third-order valence-electron chi connectivity index (χ3n) is 23.0. The fourth-order valence-corrected chi connectivity index (χ4v) is 23.5. The van der Waals surface area contributed by atoms with Crippen LogP contribution >= 0.6 is 0 Å². The van der Waals surface area contributed by atoms with Crippen molar-refractivity contribution in [1.82, 2.24) is 0 Å². The number of hydrogen-bond acceptors (Lipinski definition) is 0. The van der Waals surface area contributed by atoms with Gasteiger partial charge in [-0.1, -0.05) is 299 Å². The number of benzene rings is 8. The van der Waals surface area contributed by atoms with Crippen LogP contribution in [0, 0.1) is 86.8 Å². The lowest BCUT2D eigenvalue weighted by atomic mass is 9.86. The summed E-state index contributed by atoms with van der Waals surface area (Å²) in [6.45, 7) is 57.1. The van der Waals surface area contributed by atoms with E-state index in [1.165, 1.54) is 104 Å². The number of aromatic nitrogens is 5. The van der Waals surface area contributed by atoms with E-state index in [9.17, 15) is 0 Å². The zero-order valence-corrected chi connectivity index (χ0v) is 86.8. The molecule has 10 heteroatoms. The summed E-state index contributed by atoms with van der Waals surface area (Å²) in [7, 11) is 2.50. The Bertz CT molecular complexity index is 6530. The van der Waals surface area contributed by atoms with E-state index in [4.69, 9.17) is 17.8 Å². The number of pyridine rings is 5. The van der Waals surface area contributed by atoms with E-state index in [1.807, 2.05) is 102 Å². The predicted octanol–water partition coefficient (Wildman–Crippen LogP) is 25.2. The molecule has 650 valence electrons. The molecular formula is C114H154N5Si5+5. The van der Waals surface area contributed by atoms with Crippen LogP contribution in [0.1, 0.15) is 132 Å². The van der Waals surface area contributed by atoms with Gasteiger partial charge in [0.25, 0.3) is 0 Å². The van der Waals surface area contributed by atoms with Gasteiger partial charge in [-0.25, -0.2) is 22.8 Å². The van der Waals surface area contributed by atoms with Crippen molar-refractivity contribution < 1.29 is 40.7 Å². The molecular weight excluding hydrogens is 1580 g/mol. The second-order valence-corrected chi connectivity index (χ2v) is 67.0. The second-order valence-electron chi connectivity index (χ2n) is 41.7. The predicted molar refractivity (Wildman–Crippen MR) is 555 cm³/mol. The van der Waals surface area contributed by atoms with Gasteiger partial charge in [-0.05, 0) is 219 Å². The SMILES string of the molecule is Cc1cc[n+](C)c(-c2cc(-c3ccccc3)c([Si](C)(C)C)cc2C)c1.[2H]C([2H])([2H])c1c[n+](C)c(-c2cc(-c3ccccc3)c([Si](C)(C)C)cc2C)cc1C.[2H]C([2H])([2H])c1c[n+](C)c(-c2ccc([Si](C)(C)C)cc2C)cc1C([2H])([2H])C(C)(C)C.[2H]C([2H])([2H])c1ccc(-c2cc(-c3ccccc3)c([Si](C)(C)C)cc2C)[n+](C)c1.[2H]C([2H])(c1c[n+](C)c(-c2ccc([Si](C)(C)C)cc2C)cc1C)C(C)(C)C. The summed E-state index contributed by atoms with van der Waals surface area (Å²) in [4.78, 5) is 0. The maximum Gasteiger partial charge on any atom is 0.212 e. The lowest BCUT2D eigenvalue weighted by Gasteiger charge is -2.23. The van der Waals surface area contributed by atoms with E-state index in [2.05, 4.69) is 332 Å². The van der Waals surface area contributed by atoms with E-state index >= 15 is 0 Å². The van der Waals surface area contributed by atoms with Crippen LogP contribution in [0.25, 0.3) is 89.7 Å². The molecule has 124 heavy (non-hydrogen) atoms. The van der Waals surface area contributed by atoms with Crippen molar-refractivity contribution >= 4 is 66.3 Å². The van der Waals surface area contributed by atoms with Crippen molar-refractivity contribution in [2.24, 2.45) is 46.1 Å². The van der Waals surface area contributed by atoms with Gasteiger partial charge in [-0.2, -0.15) is 0 Å². The van der Waals surface area contributed by atoms with Crippen molar-refractivity contribution in [3.8, 4) is 89.7 Å². The lowest BCUT2D eigenvalue weighted by Crippen LogP contribution is -2.39. The summed E-state index contributed by atoms with van der Waals surface area (Å²) < 4.78 is 115. The third kappa shape index (κ3) is 25.5. The highest BCUT2D eigenvalue weighted by Crippen LogP contribution is 2.35. The van der Waals surface area contributed by atoms with Gasteiger partial charge in [-0.3, -0.25) is 0 Å². The Balaban J connectivity index is 0.000000192. The first-order chi connectivity index (χ1) is 62.7. The topological polar surface area (TPSA) is 19.4 Å². The Labute approximate surface area is 775 Å². The molecule has 0 amide bonds. The van der Waals surface area contributed by atoms with Crippen LogP contribution in [0.5, 0.6) is 0 Å². The molecule has 0 unspecified atom stereocenters. The Morgan fingerprint density at radius 2 is 0.605 bits per heavy atom. The first-order valence-corrected chi connectivity index (χ1v) is 61.6. The highest BCUT2D eigenvalue weighted by Gasteiger charge is 2.31. The van der Waals surface area contributed by atoms with E-state index < -0.39 is 84.5 Å². The Morgan fingerprint density at radius 1 is 0.258 bits per heavy atom. The Morgan fingerprint density at radius 3 is 0.976 bits per heavy atom. The van der Waals surface area contributed by atoms with E-state index in [0.29, 0.717) is 11.1 Å². The molecule has 0 N–H and O–H groups in total. The maximum absolute atomic E-state index is 8.75. The van der Waals surface area contributed by atoms with Crippen molar-refractivity contribution in [2.45, 2.75) is 228 Å². The van der Waals surface area contributed by atoms with Gasteiger partial charge >= 0.3 is 0 Å². The Hall–Kier alpha value is -9.41. The summed E-state index contributed by atoms with van der Waals surface area (Å²) in [5, 5.41) is 7.27. The summed E-state index contributed by atoms with van der Waals surface area (Å²) in [6, 6.07) is 73.2. The number of nitrogens with zero attached hydrogens (tertiary/aromatic N) is 5. The molecule has 0 radical (unpaired) electrons. The number of aryl methyl sites for hydroxylation is 16. The molecule has 13 rings (SSSR count). The van der Waals surface area contributed by atoms with Crippen molar-refractivity contribution in [1.29, 1.82) is 0 Å². The maximum atomic E-state index is 8.75. The Kier molecular flexibility index (Phi) is 25.7. The van der Waals surface area contributed by atoms with Gasteiger partial charge < -0.3 is 0 Å². The van der Waals surface area contributed by atoms with Gasteiger partial charge in [-0.15, -0.1) is 0 Å². The zero-order chi connectivity index (χ0) is 103. The third-order valence-corrected chi connectivity index (χ3v) is 33.2. The number of rotatable bonds is 15. The first-order valence-electron chi connectivity index (χ1n) is 50.6. The molecule has 0 saturated heterocycles. The van der Waals surface area contributed by atoms with Crippen LogP contribution in [-0.2, 0) is 48.0 Å². The average molecular weight is 1750 g/mol. The largest absolute Gasteiger partial charge is 0.212 e. The molecule has 5 aromatic heterocycles. The number of hydrogen-bond donors (Lipinski definition) is 0. The van der Waals surface area contributed by atoms with Gasteiger partial charge in [0.2, 0.25) is 28.5 Å². The van der Waals surface area contributed by atoms with Crippen LogP contribution in [0.15, 0.2) is 237 Å². The van der Waals surface area contributed by atoms with Gasteiger partial charge in [0.15, 0.2) is 31.0 Å². The lowest BCUT2D eigenvalue weighted by molar-refractivity contribution is -0.661. The molecule has 0 saturated carbocycles. The van der Waals surface area contributed by atoms with Crippen molar-refractivity contribution in [3.05, 3.63) is 310 Å². The molecule has 8 aromatic carbocycles. The van der Waals surface area contributed by atoms with Gasteiger partial charge in [0, 0.05) is 104 Å². The molecule has 0 bridgehead atoms. The minimum absolute atomic E-state index is 0.0695. The summed E-state index contributed by atoms with van der Waals surface area (Å²) >= 11 is 0. The highest BCUT2D eigenvalue weighted by atomic mass is 28.3. The summed E-state index contributed by atoms with van der Waals surface area (Å²) in [5.41, 5.74) is 28.8. The quantitative estimate of drug-likeness (QED) is 0.0720. The second kappa shape index (κ2) is 39.6. The average Bonchev–Trinajstić information content (AvgIpc) is 0.756. The van der Waals surface area contributed by atoms with Gasteiger partial charge in [0.1, 0.15) is 35.2 Å². The highest BCUT2D eigenvalue weighted by molar-refractivity contribution is 6.91. The molecule has 0 aliphatic rings. The monoisotopic (exact) mass is 1750 g/mol. The van der Waals surface area contributed by atoms with E-state index in [0.717, 1.165) is 61.7 Å². The van der Waals surface area contributed by atoms with Crippen LogP contribution in [0.4, 0.5) is 0 Å². The van der Waals surface area contributed by atoms with Crippen LogP contribution in [-0.4, -0.2) is 40.4 Å². The molecule has 0 aliphatic carbocycles. The molecule has 0 spiro atoms. The summed E-state index contributed by atoms with van der Waals surface area (Å²) in [5.74, 6) is 0. The molecule has 0 atom stereocenters. The first kappa shape index (κ1) is 80.4. The van der Waals surface area contributed by atoms with Crippen LogP contribution in [0.2, 0.25) is 98.2 Å². The fourth-order valence-electron chi connectivity index (χ4n) is 16.0. The molecule has 5 nitrogen and oxygen atoms in total. The summed E-state index contributed by atoms with van der Waals surface area (Å²) in [6.07, 6.45) is 5.99. The van der Waals surface area contributed by atoms with Crippen molar-refractivity contribution in [2.75, 3.05) is 0 Å². The minimum atomic E-state index is -2.39. The zero-order valence-electron chi connectivity index (χ0n) is 94.8. The molecule has 0 aliphatic heterocycles.